The molecule has 1 amide bonds. The minimum absolute atomic E-state index is 0.0585. The highest BCUT2D eigenvalue weighted by molar-refractivity contribution is 6.23. The third-order valence-corrected chi connectivity index (χ3v) is 11.5. The number of anilines is 1. The molecule has 9 atom stereocenters. The number of ether oxygens (including phenoxy) is 4. The minimum atomic E-state index is -2.05. The molecule has 0 aromatic heterocycles. The molecule has 14 nitrogen and oxygen atoms in total. The summed E-state index contributed by atoms with van der Waals surface area (Å²) in [7, 11) is 1.44. The van der Waals surface area contributed by atoms with Crippen molar-refractivity contribution in [2.24, 2.45) is 34.6 Å². The number of aliphatic hydroxyl groups is 2. The van der Waals surface area contributed by atoms with Gasteiger partial charge < -0.3 is 49.8 Å². The highest BCUT2D eigenvalue weighted by Crippen LogP contribution is 2.55. The predicted molar refractivity (Wildman–Crippen MR) is 235 cm³/mol. The van der Waals surface area contributed by atoms with Crippen LogP contribution in [0.1, 0.15) is 104 Å². The third kappa shape index (κ3) is 10.3. The molecule has 0 aliphatic carbocycles. The molecule has 334 valence electrons. The topological polar surface area (TPSA) is 214 Å². The van der Waals surface area contributed by atoms with Crippen molar-refractivity contribution in [1.29, 1.82) is 0 Å². The van der Waals surface area contributed by atoms with Gasteiger partial charge in [0.15, 0.2) is 5.75 Å². The van der Waals surface area contributed by atoms with E-state index in [0.717, 1.165) is 0 Å². The number of Topliss-reactive ketones (excluding diaryl/α,β-unsaturated/α-hetero) is 1. The maximum Gasteiger partial charge on any atom is 0.312 e. The van der Waals surface area contributed by atoms with Crippen LogP contribution in [0.15, 0.2) is 47.2 Å². The normalized spacial score (nSPS) is 29.5. The lowest BCUT2D eigenvalue weighted by molar-refractivity contribution is -0.160. The lowest BCUT2D eigenvalue weighted by Gasteiger charge is -2.38. The first-order valence-electron chi connectivity index (χ1n) is 20.8. The standard InChI is InChI=1S/C47H64N2O12/c1-22(2)21-31(48-23(3)4)17-18-32-37-42(55)35-34(41(32)54)36-44(29(10)40(35)53)61-47(12,45(36)56)59-20-19-33(58-13)26(7)43(60-30(11)50)28(9)39(52)27(8)38(51)24(5)15-14-16-25(6)46(57)49-37/h14-20,22-24,26-28,33,38-39,43,51-55H,21H2,1-13H3,(H,49,57)/b15-14-,18-17+,20-19?,25-16-,48-31?/t24-,26+,27+,28+,33-,38-,39+,43+,47-/m0/s1. The van der Waals surface area contributed by atoms with Gasteiger partial charge in [0.2, 0.25) is 0 Å². The van der Waals surface area contributed by atoms with Crippen molar-refractivity contribution < 1.29 is 58.9 Å². The van der Waals surface area contributed by atoms with Gasteiger partial charge in [-0.3, -0.25) is 19.4 Å². The van der Waals surface area contributed by atoms with Gasteiger partial charge in [-0.05, 0) is 58.3 Å². The Morgan fingerprint density at radius 3 is 2.20 bits per heavy atom. The molecule has 0 fully saturated rings. The number of methoxy groups -OCH3 is 1. The fourth-order valence-corrected chi connectivity index (χ4v) is 8.00. The number of aliphatic imine (C=N–C) groups is 1. The van der Waals surface area contributed by atoms with Crippen LogP contribution < -0.4 is 10.1 Å². The number of ketones is 1. The number of rotatable bonds is 7. The van der Waals surface area contributed by atoms with Crippen LogP contribution in [0.4, 0.5) is 5.69 Å². The van der Waals surface area contributed by atoms with E-state index in [1.54, 1.807) is 45.9 Å². The summed E-state index contributed by atoms with van der Waals surface area (Å²) in [5.41, 5.74) is 0.443. The number of fused-ring (bicyclic) bond motifs is 14. The zero-order valence-electron chi connectivity index (χ0n) is 37.6. The molecule has 2 aromatic rings. The summed E-state index contributed by atoms with van der Waals surface area (Å²) in [4.78, 5) is 45.4. The van der Waals surface area contributed by atoms with Gasteiger partial charge in [-0.25, -0.2) is 0 Å². The van der Waals surface area contributed by atoms with Crippen molar-refractivity contribution in [2.75, 3.05) is 12.4 Å². The molecule has 0 saturated carbocycles. The molecule has 0 spiro atoms. The second-order valence-corrected chi connectivity index (χ2v) is 17.3. The maximum atomic E-state index is 14.5. The Morgan fingerprint density at radius 1 is 0.951 bits per heavy atom. The number of amides is 1. The summed E-state index contributed by atoms with van der Waals surface area (Å²) in [6, 6.07) is -0.0668. The number of nitrogens with zero attached hydrogens (tertiary/aromatic N) is 1. The molecular formula is C47H64N2O12. The molecule has 3 aliphatic heterocycles. The van der Waals surface area contributed by atoms with E-state index in [9.17, 15) is 39.9 Å². The Kier molecular flexibility index (Phi) is 15.6. The van der Waals surface area contributed by atoms with Crippen LogP contribution >= 0.6 is 0 Å². The molecule has 0 radical (unpaired) electrons. The Labute approximate surface area is 358 Å². The second kappa shape index (κ2) is 19.7. The molecule has 61 heavy (non-hydrogen) atoms. The lowest BCUT2D eigenvalue weighted by atomic mass is 9.78. The van der Waals surface area contributed by atoms with Gasteiger partial charge in [0.25, 0.3) is 11.7 Å². The van der Waals surface area contributed by atoms with Crippen molar-refractivity contribution in [2.45, 2.75) is 126 Å². The fourth-order valence-electron chi connectivity index (χ4n) is 8.00. The summed E-state index contributed by atoms with van der Waals surface area (Å²) in [6.07, 6.45) is 7.33. The van der Waals surface area contributed by atoms with Crippen molar-refractivity contribution >= 4 is 45.9 Å². The average molecular weight is 849 g/mol. The molecule has 0 unspecified atom stereocenters. The molecule has 5 bridgehead atoms. The average Bonchev–Trinajstić information content (AvgIpc) is 3.45. The number of phenolic OH excluding ortho intramolecular Hbond substituents is 3. The number of hydrogen-bond donors (Lipinski definition) is 6. The van der Waals surface area contributed by atoms with E-state index in [4.69, 9.17) is 23.9 Å². The summed E-state index contributed by atoms with van der Waals surface area (Å²) in [6.45, 7) is 20.5. The molecule has 6 N–H and O–H groups in total. The third-order valence-electron chi connectivity index (χ3n) is 11.5. The highest BCUT2D eigenvalue weighted by Gasteiger charge is 2.50. The van der Waals surface area contributed by atoms with Crippen LogP contribution in [0.2, 0.25) is 0 Å². The molecule has 3 aliphatic rings. The van der Waals surface area contributed by atoms with E-state index in [-0.39, 0.29) is 56.4 Å². The summed E-state index contributed by atoms with van der Waals surface area (Å²) >= 11 is 0. The zero-order chi connectivity index (χ0) is 45.8. The van der Waals surface area contributed by atoms with Crippen LogP contribution in [0, 0.1) is 36.5 Å². The number of carbonyl (C=O) groups excluding carboxylic acids is 3. The van der Waals surface area contributed by atoms with Crippen molar-refractivity contribution in [3.05, 3.63) is 58.9 Å². The molecule has 14 heteroatoms. The predicted octanol–water partition coefficient (Wildman–Crippen LogP) is 7.66. The van der Waals surface area contributed by atoms with Crippen molar-refractivity contribution in [1.82, 2.24) is 0 Å². The van der Waals surface area contributed by atoms with E-state index in [1.807, 2.05) is 27.7 Å². The fraction of sp³-hybridized carbons (Fsp3) is 0.532. The SMILES string of the molecule is CO[C@H]1C=CO[C@@]2(C)Oc3c(C)c(O)c4c(O)c(c(/C=C/C(CC(C)C)=NC(C)C)c(O)c4c3C2=O)NC(=O)/C(C)=C\C=C/[C@H](C)[C@H](O)[C@@H](C)[C@@H](O)[C@@H](C)[C@H](OC(C)=O)[C@@H]1C. The maximum absolute atomic E-state index is 14.5. The summed E-state index contributed by atoms with van der Waals surface area (Å²) in [5, 5.41) is 60.9. The molecular weight excluding hydrogens is 785 g/mol. The van der Waals surface area contributed by atoms with Crippen molar-refractivity contribution in [3.63, 3.8) is 0 Å². The number of aliphatic hydroxyl groups excluding tert-OH is 2. The van der Waals surface area contributed by atoms with Gasteiger partial charge in [0.1, 0.15) is 23.4 Å². The number of hydrogen-bond acceptors (Lipinski definition) is 13. The first-order valence-corrected chi connectivity index (χ1v) is 20.8. The number of esters is 1. The largest absolute Gasteiger partial charge is 0.507 e. The van der Waals surface area contributed by atoms with E-state index in [2.05, 4.69) is 5.32 Å². The van der Waals surface area contributed by atoms with Crippen LogP contribution in [0.25, 0.3) is 16.8 Å². The van der Waals surface area contributed by atoms with Crippen LogP contribution in [0.5, 0.6) is 23.0 Å². The number of phenols is 3. The Hall–Kier alpha value is -5.18. The second-order valence-electron chi connectivity index (χ2n) is 17.3. The van der Waals surface area contributed by atoms with E-state index >= 15 is 0 Å². The van der Waals surface area contributed by atoms with Gasteiger partial charge in [-0.2, -0.15) is 0 Å². The van der Waals surface area contributed by atoms with Crippen molar-refractivity contribution in [3.8, 4) is 23.0 Å². The number of benzene rings is 2. The Bertz CT molecular complexity index is 2150. The smallest absolute Gasteiger partial charge is 0.312 e. The quantitative estimate of drug-likeness (QED) is 0.0686. The van der Waals surface area contributed by atoms with E-state index in [0.29, 0.717) is 12.1 Å². The Morgan fingerprint density at radius 2 is 1.61 bits per heavy atom. The van der Waals surface area contributed by atoms with E-state index in [1.165, 1.54) is 59.3 Å². The van der Waals surface area contributed by atoms with E-state index < -0.39 is 88.8 Å². The monoisotopic (exact) mass is 848 g/mol. The number of nitrogens with one attached hydrogen (secondary N) is 1. The highest BCUT2D eigenvalue weighted by atomic mass is 16.7. The van der Waals surface area contributed by atoms with Gasteiger partial charge in [0, 0.05) is 78.5 Å². The van der Waals surface area contributed by atoms with Crippen LogP contribution in [0.3, 0.4) is 0 Å². The summed E-state index contributed by atoms with van der Waals surface area (Å²) < 4.78 is 23.7. The number of allylic oxidation sites excluding steroid dienone is 3. The zero-order valence-corrected chi connectivity index (χ0v) is 37.6. The first kappa shape index (κ1) is 48.5. The van der Waals surface area contributed by atoms with Gasteiger partial charge >= 0.3 is 11.8 Å². The number of carbonyl (C=O) groups is 3. The van der Waals surface area contributed by atoms with Gasteiger partial charge in [-0.1, -0.05) is 59.8 Å². The molecule has 0 saturated heterocycles. The van der Waals surface area contributed by atoms with Gasteiger partial charge in [-0.15, -0.1) is 0 Å². The van der Waals surface area contributed by atoms with Gasteiger partial charge in [0.05, 0.1) is 41.2 Å². The lowest BCUT2D eigenvalue weighted by Crippen LogP contribution is -2.46. The molecule has 3 heterocycles. The van der Waals surface area contributed by atoms with Crippen LogP contribution in [-0.4, -0.2) is 92.3 Å². The van der Waals surface area contributed by atoms with Crippen LogP contribution in [-0.2, 0) is 23.8 Å². The summed E-state index contributed by atoms with van der Waals surface area (Å²) in [5.74, 6) is -8.08. The number of aromatic hydroxyl groups is 3. The minimum Gasteiger partial charge on any atom is -0.507 e. The molecule has 5 rings (SSSR count). The first-order chi connectivity index (χ1) is 28.5. The Balaban J connectivity index is 2.02. The molecule has 2 aromatic carbocycles.